The van der Waals surface area contributed by atoms with Crippen LogP contribution in [-0.2, 0) is 0 Å². The molecule has 0 atom stereocenters. The first-order valence-corrected chi connectivity index (χ1v) is 11.8. The van der Waals surface area contributed by atoms with E-state index in [0.717, 1.165) is 47.8 Å². The van der Waals surface area contributed by atoms with Crippen LogP contribution in [0.2, 0.25) is 0 Å². The number of aromatic nitrogens is 3. The van der Waals surface area contributed by atoms with Gasteiger partial charge in [0, 0.05) is 31.0 Å². The molecule has 0 saturated carbocycles. The van der Waals surface area contributed by atoms with Crippen LogP contribution in [-0.4, -0.2) is 14.8 Å². The van der Waals surface area contributed by atoms with Crippen LogP contribution in [0.5, 0.6) is 0 Å². The van der Waals surface area contributed by atoms with Gasteiger partial charge in [0.05, 0.1) is 17.1 Å². The SMILES string of the molecule is Brc1cccc(-c2cc(-c3cccc(Br)c3)n(-c3nc(-c4ccccc4)cs3)n2)c1. The van der Waals surface area contributed by atoms with Gasteiger partial charge in [0.2, 0.25) is 5.13 Å². The maximum atomic E-state index is 4.93. The van der Waals surface area contributed by atoms with Crippen molar-refractivity contribution in [3.8, 4) is 38.9 Å². The van der Waals surface area contributed by atoms with Gasteiger partial charge in [0.15, 0.2) is 0 Å². The van der Waals surface area contributed by atoms with Crippen molar-refractivity contribution in [2.45, 2.75) is 0 Å². The summed E-state index contributed by atoms with van der Waals surface area (Å²) >= 11 is 8.74. The second-order valence-electron chi connectivity index (χ2n) is 6.73. The summed E-state index contributed by atoms with van der Waals surface area (Å²) in [6.45, 7) is 0. The van der Waals surface area contributed by atoms with Crippen molar-refractivity contribution >= 4 is 43.2 Å². The molecule has 5 aromatic rings. The maximum absolute atomic E-state index is 4.93. The van der Waals surface area contributed by atoms with Crippen molar-refractivity contribution in [1.29, 1.82) is 0 Å². The minimum Gasteiger partial charge on any atom is -0.218 e. The monoisotopic (exact) mass is 535 g/mol. The molecular weight excluding hydrogens is 522 g/mol. The Hall–Kier alpha value is -2.54. The van der Waals surface area contributed by atoms with Gasteiger partial charge in [0.1, 0.15) is 0 Å². The lowest BCUT2D eigenvalue weighted by Gasteiger charge is -2.04. The van der Waals surface area contributed by atoms with Crippen molar-refractivity contribution < 1.29 is 0 Å². The van der Waals surface area contributed by atoms with Gasteiger partial charge in [-0.2, -0.15) is 5.10 Å². The third-order valence-corrected chi connectivity index (χ3v) is 6.50. The van der Waals surface area contributed by atoms with Gasteiger partial charge in [-0.1, -0.05) is 86.5 Å². The molecule has 0 aliphatic rings. The molecule has 5 rings (SSSR count). The van der Waals surface area contributed by atoms with E-state index in [2.05, 4.69) is 79.7 Å². The van der Waals surface area contributed by atoms with E-state index in [4.69, 9.17) is 10.1 Å². The molecule has 0 spiro atoms. The maximum Gasteiger partial charge on any atom is 0.211 e. The van der Waals surface area contributed by atoms with Crippen LogP contribution < -0.4 is 0 Å². The topological polar surface area (TPSA) is 30.7 Å². The van der Waals surface area contributed by atoms with Crippen LogP contribution in [0, 0.1) is 0 Å². The average Bonchev–Trinajstić information content (AvgIpc) is 3.42. The highest BCUT2D eigenvalue weighted by Gasteiger charge is 2.16. The smallest absolute Gasteiger partial charge is 0.211 e. The molecule has 2 heterocycles. The van der Waals surface area contributed by atoms with Crippen molar-refractivity contribution in [2.75, 3.05) is 0 Å². The molecule has 0 fully saturated rings. The second kappa shape index (κ2) is 8.30. The Kier molecular flexibility index (Phi) is 5.37. The molecule has 0 amide bonds. The Labute approximate surface area is 195 Å². The second-order valence-corrected chi connectivity index (χ2v) is 9.40. The first-order chi connectivity index (χ1) is 14.7. The molecule has 3 aromatic carbocycles. The first-order valence-electron chi connectivity index (χ1n) is 9.31. The Morgan fingerprint density at radius 1 is 0.667 bits per heavy atom. The summed E-state index contributed by atoms with van der Waals surface area (Å²) in [7, 11) is 0. The lowest BCUT2D eigenvalue weighted by molar-refractivity contribution is 0.881. The van der Waals surface area contributed by atoms with E-state index in [0.29, 0.717) is 0 Å². The number of hydrogen-bond donors (Lipinski definition) is 0. The molecule has 0 N–H and O–H groups in total. The van der Waals surface area contributed by atoms with E-state index in [1.807, 2.05) is 47.1 Å². The van der Waals surface area contributed by atoms with Crippen LogP contribution in [0.1, 0.15) is 0 Å². The summed E-state index contributed by atoms with van der Waals surface area (Å²) in [6.07, 6.45) is 0. The average molecular weight is 537 g/mol. The highest BCUT2D eigenvalue weighted by atomic mass is 79.9. The standard InChI is InChI=1S/C24H15Br2N3S/c25-19-10-4-8-17(12-19)21-14-23(18-9-5-11-20(26)13-18)29(28-21)24-27-22(15-30-24)16-6-2-1-3-7-16/h1-15H. The van der Waals surface area contributed by atoms with Crippen molar-refractivity contribution in [3.63, 3.8) is 0 Å². The third-order valence-electron chi connectivity index (χ3n) is 4.69. The summed E-state index contributed by atoms with van der Waals surface area (Å²) in [6, 6.07) is 28.8. The molecule has 6 heteroatoms. The van der Waals surface area contributed by atoms with Crippen LogP contribution in [0.15, 0.2) is 99.3 Å². The van der Waals surface area contributed by atoms with Crippen LogP contribution in [0.4, 0.5) is 0 Å². The summed E-state index contributed by atoms with van der Waals surface area (Å²) in [4.78, 5) is 4.88. The zero-order valence-electron chi connectivity index (χ0n) is 15.7. The van der Waals surface area contributed by atoms with Gasteiger partial charge < -0.3 is 0 Å². The highest BCUT2D eigenvalue weighted by Crippen LogP contribution is 2.33. The molecule has 2 aromatic heterocycles. The fourth-order valence-electron chi connectivity index (χ4n) is 3.27. The van der Waals surface area contributed by atoms with E-state index >= 15 is 0 Å². The Morgan fingerprint density at radius 2 is 1.33 bits per heavy atom. The molecule has 0 radical (unpaired) electrons. The third kappa shape index (κ3) is 3.90. The normalized spacial score (nSPS) is 11.0. The predicted octanol–water partition coefficient (Wildman–Crippen LogP) is 7.85. The van der Waals surface area contributed by atoms with Gasteiger partial charge in [-0.25, -0.2) is 9.67 Å². The highest BCUT2D eigenvalue weighted by molar-refractivity contribution is 9.10. The van der Waals surface area contributed by atoms with Crippen molar-refractivity contribution in [1.82, 2.24) is 14.8 Å². The number of thiazole rings is 1. The molecule has 146 valence electrons. The molecule has 3 nitrogen and oxygen atoms in total. The fourth-order valence-corrected chi connectivity index (χ4v) is 4.87. The molecule has 0 unspecified atom stereocenters. The lowest BCUT2D eigenvalue weighted by atomic mass is 10.1. The number of halogens is 2. The van der Waals surface area contributed by atoms with E-state index in [1.165, 1.54) is 0 Å². The van der Waals surface area contributed by atoms with Gasteiger partial charge in [-0.3, -0.25) is 0 Å². The largest absolute Gasteiger partial charge is 0.218 e. The minimum absolute atomic E-state index is 0.838. The Morgan fingerprint density at radius 3 is 2.07 bits per heavy atom. The number of rotatable bonds is 4. The summed E-state index contributed by atoms with van der Waals surface area (Å²) in [5, 5.41) is 7.85. The van der Waals surface area contributed by atoms with Crippen molar-refractivity contribution in [3.05, 3.63) is 99.3 Å². The first kappa shape index (κ1) is 19.4. The van der Waals surface area contributed by atoms with Gasteiger partial charge in [-0.05, 0) is 30.3 Å². The van der Waals surface area contributed by atoms with E-state index in [9.17, 15) is 0 Å². The molecule has 30 heavy (non-hydrogen) atoms. The molecule has 0 aliphatic carbocycles. The van der Waals surface area contributed by atoms with Crippen LogP contribution in [0.25, 0.3) is 38.9 Å². The van der Waals surface area contributed by atoms with E-state index in [1.54, 1.807) is 11.3 Å². The molecule has 0 bridgehead atoms. The number of benzene rings is 3. The molecule has 0 saturated heterocycles. The Balaban J connectivity index is 1.66. The fraction of sp³-hybridized carbons (Fsp3) is 0. The van der Waals surface area contributed by atoms with Gasteiger partial charge in [-0.15, -0.1) is 11.3 Å². The minimum atomic E-state index is 0.838. The summed E-state index contributed by atoms with van der Waals surface area (Å²) in [5.41, 5.74) is 6.09. The van der Waals surface area contributed by atoms with Crippen LogP contribution >= 0.6 is 43.2 Å². The zero-order chi connectivity index (χ0) is 20.5. The van der Waals surface area contributed by atoms with E-state index < -0.39 is 0 Å². The quantitative estimate of drug-likeness (QED) is 0.234. The van der Waals surface area contributed by atoms with Crippen molar-refractivity contribution in [2.24, 2.45) is 0 Å². The molecular formula is C24H15Br2N3S. The number of hydrogen-bond acceptors (Lipinski definition) is 3. The van der Waals surface area contributed by atoms with Crippen LogP contribution in [0.3, 0.4) is 0 Å². The van der Waals surface area contributed by atoms with E-state index in [-0.39, 0.29) is 0 Å². The van der Waals surface area contributed by atoms with Gasteiger partial charge >= 0.3 is 0 Å². The summed E-state index contributed by atoms with van der Waals surface area (Å²) < 4.78 is 4.00. The zero-order valence-corrected chi connectivity index (χ0v) is 19.7. The summed E-state index contributed by atoms with van der Waals surface area (Å²) in [5.74, 6) is 0. The Bertz CT molecular complexity index is 1330. The predicted molar refractivity (Wildman–Crippen MR) is 131 cm³/mol. The number of nitrogens with zero attached hydrogens (tertiary/aromatic N) is 3. The lowest BCUT2D eigenvalue weighted by Crippen LogP contribution is -1.99. The van der Waals surface area contributed by atoms with Gasteiger partial charge in [0.25, 0.3) is 0 Å². The molecule has 0 aliphatic heterocycles.